The molecule has 0 amide bonds. The Morgan fingerprint density at radius 2 is 2.35 bits per heavy atom. The molecule has 90 valence electrons. The first-order valence-electron chi connectivity index (χ1n) is 4.88. The van der Waals surface area contributed by atoms with Gasteiger partial charge in [-0.15, -0.1) is 0 Å². The highest BCUT2D eigenvalue weighted by atomic mass is 35.5. The third-order valence-corrected chi connectivity index (χ3v) is 3.14. The number of hydrogen-bond acceptors (Lipinski definition) is 5. The topological polar surface area (TPSA) is 63.8 Å². The van der Waals surface area contributed by atoms with Crippen molar-refractivity contribution in [1.29, 1.82) is 0 Å². The highest BCUT2D eigenvalue weighted by Crippen LogP contribution is 2.21. The highest BCUT2D eigenvalue weighted by molar-refractivity contribution is 6.99. The fraction of sp³-hybridized carbons (Fsp3) is 0.200. The van der Waals surface area contributed by atoms with Crippen molar-refractivity contribution >= 4 is 23.3 Å². The van der Waals surface area contributed by atoms with E-state index in [9.17, 15) is 4.39 Å². The maximum Gasteiger partial charge on any atom is 0.141 e. The van der Waals surface area contributed by atoms with Crippen molar-refractivity contribution in [1.82, 2.24) is 14.2 Å². The normalized spacial score (nSPS) is 12.6. The highest BCUT2D eigenvalue weighted by Gasteiger charge is 2.14. The number of hydrazine groups is 1. The molecule has 1 heterocycles. The van der Waals surface area contributed by atoms with Gasteiger partial charge < -0.3 is 0 Å². The standard InChI is InChI=1S/C10H10ClFN4S/c11-7-3-6(1-2-8(7)12)4-9(15-13)10-5-14-17-16-10/h1-3,5,9,15H,4,13H2. The molecule has 0 aliphatic rings. The number of rotatable bonds is 4. The summed E-state index contributed by atoms with van der Waals surface area (Å²) in [6.45, 7) is 0. The van der Waals surface area contributed by atoms with E-state index in [4.69, 9.17) is 17.4 Å². The molecule has 7 heteroatoms. The number of hydrogen-bond donors (Lipinski definition) is 2. The van der Waals surface area contributed by atoms with Gasteiger partial charge in [0.1, 0.15) is 5.82 Å². The Morgan fingerprint density at radius 1 is 1.53 bits per heavy atom. The summed E-state index contributed by atoms with van der Waals surface area (Å²) < 4.78 is 21.0. The SMILES string of the molecule is NNC(Cc1ccc(F)c(Cl)c1)c1cnsn1. The van der Waals surface area contributed by atoms with E-state index < -0.39 is 5.82 Å². The van der Waals surface area contributed by atoms with Crippen molar-refractivity contribution in [2.45, 2.75) is 12.5 Å². The van der Waals surface area contributed by atoms with Crippen LogP contribution in [0.25, 0.3) is 0 Å². The lowest BCUT2D eigenvalue weighted by Crippen LogP contribution is -2.29. The van der Waals surface area contributed by atoms with Crippen molar-refractivity contribution in [3.8, 4) is 0 Å². The van der Waals surface area contributed by atoms with Crippen LogP contribution in [-0.4, -0.2) is 8.75 Å². The molecule has 1 atom stereocenters. The summed E-state index contributed by atoms with van der Waals surface area (Å²) in [5, 5.41) is 0.106. The molecule has 0 bridgehead atoms. The van der Waals surface area contributed by atoms with Crippen molar-refractivity contribution in [2.24, 2.45) is 5.84 Å². The molecule has 0 aliphatic heterocycles. The van der Waals surface area contributed by atoms with Crippen LogP contribution in [0, 0.1) is 5.82 Å². The summed E-state index contributed by atoms with van der Waals surface area (Å²) in [5.41, 5.74) is 4.30. The molecule has 0 saturated heterocycles. The summed E-state index contributed by atoms with van der Waals surface area (Å²) in [6.07, 6.45) is 2.22. The lowest BCUT2D eigenvalue weighted by Gasteiger charge is -2.13. The Kier molecular flexibility index (Phi) is 4.01. The third kappa shape index (κ3) is 2.98. The molecule has 2 rings (SSSR count). The van der Waals surface area contributed by atoms with Gasteiger partial charge in [0.15, 0.2) is 0 Å². The van der Waals surface area contributed by atoms with E-state index in [-0.39, 0.29) is 11.1 Å². The first-order valence-corrected chi connectivity index (χ1v) is 5.99. The molecular weight excluding hydrogens is 263 g/mol. The Bertz CT molecular complexity index is 491. The maximum atomic E-state index is 13.0. The zero-order valence-electron chi connectivity index (χ0n) is 8.73. The molecule has 0 saturated carbocycles. The van der Waals surface area contributed by atoms with Crippen molar-refractivity contribution in [3.05, 3.63) is 46.5 Å². The van der Waals surface area contributed by atoms with Crippen LogP contribution in [-0.2, 0) is 6.42 Å². The second-order valence-corrected chi connectivity index (χ2v) is 4.47. The number of nitrogens with two attached hydrogens (primary N) is 1. The molecule has 2 aromatic rings. The summed E-state index contributed by atoms with van der Waals surface area (Å²) in [7, 11) is 0. The molecule has 0 fully saturated rings. The van der Waals surface area contributed by atoms with Gasteiger partial charge in [-0.1, -0.05) is 17.7 Å². The average molecular weight is 273 g/mol. The fourth-order valence-electron chi connectivity index (χ4n) is 1.48. The predicted octanol–water partition coefficient (Wildman–Crippen LogP) is 2.08. The van der Waals surface area contributed by atoms with Gasteiger partial charge >= 0.3 is 0 Å². The van der Waals surface area contributed by atoms with E-state index in [0.29, 0.717) is 6.42 Å². The van der Waals surface area contributed by atoms with Gasteiger partial charge in [-0.25, -0.2) is 4.39 Å². The van der Waals surface area contributed by atoms with Crippen LogP contribution in [0.3, 0.4) is 0 Å². The van der Waals surface area contributed by atoms with E-state index in [0.717, 1.165) is 23.0 Å². The Balaban J connectivity index is 2.16. The van der Waals surface area contributed by atoms with Gasteiger partial charge in [-0.05, 0) is 24.1 Å². The molecule has 0 spiro atoms. The number of aromatic nitrogens is 2. The van der Waals surface area contributed by atoms with Gasteiger partial charge in [0.25, 0.3) is 0 Å². The van der Waals surface area contributed by atoms with Gasteiger partial charge in [-0.3, -0.25) is 11.3 Å². The van der Waals surface area contributed by atoms with Gasteiger partial charge in [0.05, 0.1) is 34.7 Å². The van der Waals surface area contributed by atoms with Crippen LogP contribution in [0.15, 0.2) is 24.4 Å². The molecular formula is C10H10ClFN4S. The van der Waals surface area contributed by atoms with Crippen LogP contribution in [0.2, 0.25) is 5.02 Å². The molecule has 0 radical (unpaired) electrons. The van der Waals surface area contributed by atoms with E-state index in [1.54, 1.807) is 18.3 Å². The molecule has 0 aliphatic carbocycles. The fourth-order valence-corrected chi connectivity index (χ4v) is 2.15. The van der Waals surface area contributed by atoms with Crippen LogP contribution in [0.4, 0.5) is 4.39 Å². The van der Waals surface area contributed by atoms with Crippen molar-refractivity contribution in [2.75, 3.05) is 0 Å². The number of benzene rings is 1. The summed E-state index contributed by atoms with van der Waals surface area (Å²) in [4.78, 5) is 0. The second kappa shape index (κ2) is 5.50. The van der Waals surface area contributed by atoms with Crippen LogP contribution >= 0.6 is 23.3 Å². The van der Waals surface area contributed by atoms with Crippen molar-refractivity contribution in [3.63, 3.8) is 0 Å². The Morgan fingerprint density at radius 3 is 2.94 bits per heavy atom. The number of halogens is 2. The summed E-state index contributed by atoms with van der Waals surface area (Å²) >= 11 is 6.83. The lowest BCUT2D eigenvalue weighted by atomic mass is 10.0. The van der Waals surface area contributed by atoms with Gasteiger partial charge in [0, 0.05) is 0 Å². The van der Waals surface area contributed by atoms with Crippen LogP contribution in [0.5, 0.6) is 0 Å². The maximum absolute atomic E-state index is 13.0. The quantitative estimate of drug-likeness (QED) is 0.661. The zero-order valence-corrected chi connectivity index (χ0v) is 10.3. The Labute approximate surface area is 107 Å². The minimum atomic E-state index is -0.428. The van der Waals surface area contributed by atoms with Gasteiger partial charge in [0.2, 0.25) is 0 Å². The minimum absolute atomic E-state index is 0.106. The van der Waals surface area contributed by atoms with E-state index in [2.05, 4.69) is 14.2 Å². The number of nitrogens with one attached hydrogen (secondary N) is 1. The second-order valence-electron chi connectivity index (χ2n) is 3.50. The van der Waals surface area contributed by atoms with Crippen LogP contribution in [0.1, 0.15) is 17.3 Å². The van der Waals surface area contributed by atoms with E-state index in [1.165, 1.54) is 6.07 Å². The van der Waals surface area contributed by atoms with E-state index >= 15 is 0 Å². The molecule has 1 aromatic carbocycles. The molecule has 3 N–H and O–H groups in total. The van der Waals surface area contributed by atoms with Crippen molar-refractivity contribution < 1.29 is 4.39 Å². The summed E-state index contributed by atoms with van der Waals surface area (Å²) in [5.74, 6) is 5.03. The molecule has 1 unspecified atom stereocenters. The van der Waals surface area contributed by atoms with E-state index in [1.807, 2.05) is 0 Å². The molecule has 17 heavy (non-hydrogen) atoms. The average Bonchev–Trinajstić information content (AvgIpc) is 2.84. The first-order chi connectivity index (χ1) is 8.20. The van der Waals surface area contributed by atoms with Gasteiger partial charge in [-0.2, -0.15) is 8.75 Å². The molecule has 1 aromatic heterocycles. The predicted molar refractivity (Wildman–Crippen MR) is 65.1 cm³/mol. The lowest BCUT2D eigenvalue weighted by molar-refractivity contribution is 0.541. The number of nitrogens with zero attached hydrogens (tertiary/aromatic N) is 2. The zero-order chi connectivity index (χ0) is 12.3. The monoisotopic (exact) mass is 272 g/mol. The molecule has 4 nitrogen and oxygen atoms in total. The smallest absolute Gasteiger partial charge is 0.141 e. The third-order valence-electron chi connectivity index (χ3n) is 2.36. The summed E-state index contributed by atoms with van der Waals surface area (Å²) in [6, 6.07) is 4.44. The first kappa shape index (κ1) is 12.4. The minimum Gasteiger partial charge on any atom is -0.271 e. The Hall–Kier alpha value is -1.08. The largest absolute Gasteiger partial charge is 0.271 e. The van der Waals surface area contributed by atoms with Crippen LogP contribution < -0.4 is 11.3 Å².